The van der Waals surface area contributed by atoms with E-state index in [9.17, 15) is 0 Å². The molecule has 288 valence electrons. The highest BCUT2D eigenvalue weighted by Crippen LogP contribution is 2.66. The Labute approximate surface area is 354 Å². The van der Waals surface area contributed by atoms with Crippen molar-refractivity contribution in [2.75, 3.05) is 4.90 Å². The molecule has 1 nitrogen and oxygen atoms in total. The summed E-state index contributed by atoms with van der Waals surface area (Å²) < 4.78 is 0. The molecule has 11 rings (SSSR count). The van der Waals surface area contributed by atoms with Crippen molar-refractivity contribution in [1.29, 1.82) is 0 Å². The molecule has 2 bridgehead atoms. The van der Waals surface area contributed by atoms with Crippen molar-refractivity contribution >= 4 is 39.4 Å². The van der Waals surface area contributed by atoms with Gasteiger partial charge in [-0.3, -0.25) is 0 Å². The number of hydrogen-bond acceptors (Lipinski definition) is 1. The van der Waals surface area contributed by atoms with E-state index >= 15 is 0 Å². The Bertz CT molecular complexity index is 2730. The van der Waals surface area contributed by atoms with Crippen LogP contribution in [0.15, 0.2) is 182 Å². The maximum Gasteiger partial charge on any atom is 0.0508 e. The van der Waals surface area contributed by atoms with E-state index in [1.165, 1.54) is 92.1 Å². The lowest BCUT2D eigenvalue weighted by Gasteiger charge is -2.54. The number of hydrogen-bond donors (Lipinski definition) is 0. The van der Waals surface area contributed by atoms with Gasteiger partial charge in [-0.05, 0) is 153 Å². The fourth-order valence-electron chi connectivity index (χ4n) is 11.9. The van der Waals surface area contributed by atoms with E-state index in [-0.39, 0.29) is 5.41 Å². The van der Waals surface area contributed by atoms with Gasteiger partial charge in [0.15, 0.2) is 0 Å². The first-order valence-corrected chi connectivity index (χ1v) is 21.9. The predicted molar refractivity (Wildman–Crippen MR) is 250 cm³/mol. The van der Waals surface area contributed by atoms with Crippen molar-refractivity contribution in [3.8, 4) is 44.5 Å². The smallest absolute Gasteiger partial charge is 0.0508 e. The molecule has 2 saturated carbocycles. The van der Waals surface area contributed by atoms with Crippen molar-refractivity contribution in [2.24, 2.45) is 23.7 Å². The molecular formula is C57H48ClN. The highest BCUT2D eigenvalue weighted by molar-refractivity contribution is 6.34. The maximum absolute atomic E-state index is 7.81. The van der Waals surface area contributed by atoms with Gasteiger partial charge >= 0.3 is 0 Å². The molecule has 2 fully saturated rings. The van der Waals surface area contributed by atoms with E-state index in [2.05, 4.69) is 201 Å². The lowest BCUT2D eigenvalue weighted by atomic mass is 9.49. The van der Waals surface area contributed by atoms with Crippen LogP contribution in [-0.4, -0.2) is 0 Å². The van der Waals surface area contributed by atoms with Gasteiger partial charge in [-0.1, -0.05) is 165 Å². The minimum Gasteiger partial charge on any atom is -0.310 e. The van der Waals surface area contributed by atoms with Gasteiger partial charge in [0.1, 0.15) is 0 Å². The van der Waals surface area contributed by atoms with Gasteiger partial charge in [-0.2, -0.15) is 0 Å². The summed E-state index contributed by atoms with van der Waals surface area (Å²) in [4.78, 5) is 2.42. The first-order valence-electron chi connectivity index (χ1n) is 21.5. The average Bonchev–Trinajstić information content (AvgIpc) is 3.57. The minimum absolute atomic E-state index is 0.118. The fraction of sp³-hybridized carbons (Fsp3) is 0.193. The van der Waals surface area contributed by atoms with Crippen LogP contribution in [0.5, 0.6) is 0 Å². The molecule has 0 aliphatic heterocycles. The molecule has 59 heavy (non-hydrogen) atoms. The SMILES string of the molecule is CC1CC2CC(C)C3(c4ccc(-c5cccc6ccccc56)cc4-c4c(Cl)cc(N(c5ccc(-c6ccccc6)cc5)c5ccc(-c6ccccc6)cc5)cc43)C(C1)C2. The Balaban J connectivity index is 1.11. The minimum atomic E-state index is -0.118. The second-order valence-corrected chi connectivity index (χ2v) is 18.1. The summed E-state index contributed by atoms with van der Waals surface area (Å²) in [6.45, 7) is 5.04. The third-order valence-corrected chi connectivity index (χ3v) is 14.5. The summed E-state index contributed by atoms with van der Waals surface area (Å²) in [7, 11) is 0. The van der Waals surface area contributed by atoms with Gasteiger partial charge in [0.25, 0.3) is 0 Å². The summed E-state index contributed by atoms with van der Waals surface area (Å²) in [5.74, 6) is 2.54. The van der Waals surface area contributed by atoms with E-state index in [1.54, 1.807) is 0 Å². The van der Waals surface area contributed by atoms with E-state index in [0.29, 0.717) is 17.8 Å². The first-order chi connectivity index (χ1) is 29.0. The third kappa shape index (κ3) is 5.96. The molecule has 0 aromatic heterocycles. The molecule has 0 amide bonds. The van der Waals surface area contributed by atoms with Gasteiger partial charge in [-0.25, -0.2) is 0 Å². The molecule has 0 N–H and O–H groups in total. The quantitative estimate of drug-likeness (QED) is 0.162. The lowest BCUT2D eigenvalue weighted by Crippen LogP contribution is -2.49. The number of rotatable bonds is 6. The zero-order chi connectivity index (χ0) is 39.7. The van der Waals surface area contributed by atoms with E-state index < -0.39 is 0 Å². The van der Waals surface area contributed by atoms with Crippen LogP contribution in [0.1, 0.15) is 50.7 Å². The van der Waals surface area contributed by atoms with Crippen LogP contribution < -0.4 is 4.90 Å². The van der Waals surface area contributed by atoms with Crippen LogP contribution >= 0.6 is 11.6 Å². The zero-order valence-electron chi connectivity index (χ0n) is 33.8. The number of benzene rings is 8. The Morgan fingerprint density at radius 2 is 1.07 bits per heavy atom. The number of fused-ring (bicyclic) bond motifs is 9. The number of nitrogens with zero attached hydrogens (tertiary/aromatic N) is 1. The van der Waals surface area contributed by atoms with Crippen molar-refractivity contribution in [1.82, 2.24) is 0 Å². The van der Waals surface area contributed by atoms with Crippen molar-refractivity contribution in [3.05, 3.63) is 198 Å². The monoisotopic (exact) mass is 781 g/mol. The highest BCUT2D eigenvalue weighted by Gasteiger charge is 2.57. The van der Waals surface area contributed by atoms with E-state index in [0.717, 1.165) is 28.0 Å². The number of anilines is 3. The Morgan fingerprint density at radius 1 is 0.475 bits per heavy atom. The van der Waals surface area contributed by atoms with Crippen molar-refractivity contribution in [2.45, 2.75) is 44.9 Å². The standard InChI is InChI=1S/C57H48ClN/c1-37-30-39-32-38(2)57(46(31-37)33-39)53-29-24-45(51-19-11-17-44-16-9-10-18-50(44)51)34-52(53)56-54(57)35-49(36-55(56)58)59(47-25-20-42(21-26-47)40-12-5-3-6-13-40)48-27-22-43(23-28-48)41-14-7-4-8-15-41/h3-29,34-39,46H,30-33H2,1-2H3. The van der Waals surface area contributed by atoms with Gasteiger partial charge in [-0.15, -0.1) is 0 Å². The molecule has 0 radical (unpaired) electrons. The second kappa shape index (κ2) is 14.4. The van der Waals surface area contributed by atoms with Gasteiger partial charge in [0.05, 0.1) is 5.02 Å². The normalized spacial score (nSPS) is 21.6. The molecule has 5 unspecified atom stereocenters. The second-order valence-electron chi connectivity index (χ2n) is 17.7. The maximum atomic E-state index is 7.81. The summed E-state index contributed by atoms with van der Waals surface area (Å²) in [5.41, 5.74) is 16.0. The van der Waals surface area contributed by atoms with E-state index in [4.69, 9.17) is 11.6 Å². The Kier molecular flexibility index (Phi) is 8.86. The molecule has 3 aliphatic rings. The van der Waals surface area contributed by atoms with Crippen LogP contribution in [-0.2, 0) is 5.41 Å². The zero-order valence-corrected chi connectivity index (χ0v) is 34.5. The molecule has 0 saturated heterocycles. The predicted octanol–water partition coefficient (Wildman–Crippen LogP) is 16.3. The Hall–Kier alpha value is -5.89. The molecule has 2 heteroatoms. The van der Waals surface area contributed by atoms with Crippen LogP contribution in [0.4, 0.5) is 17.1 Å². The Morgan fingerprint density at radius 3 is 1.75 bits per heavy atom. The molecule has 3 aliphatic carbocycles. The topological polar surface area (TPSA) is 3.24 Å². The average molecular weight is 782 g/mol. The van der Waals surface area contributed by atoms with E-state index in [1.807, 2.05) is 0 Å². The third-order valence-electron chi connectivity index (χ3n) is 14.2. The largest absolute Gasteiger partial charge is 0.310 e. The van der Waals surface area contributed by atoms with Gasteiger partial charge in [0, 0.05) is 28.0 Å². The summed E-state index contributed by atoms with van der Waals surface area (Å²) in [5, 5.41) is 3.38. The first kappa shape index (κ1) is 36.2. The van der Waals surface area contributed by atoms with Crippen LogP contribution in [0.3, 0.4) is 0 Å². The molecule has 5 atom stereocenters. The molecule has 0 heterocycles. The van der Waals surface area contributed by atoms with Gasteiger partial charge < -0.3 is 4.90 Å². The fourth-order valence-corrected chi connectivity index (χ4v) is 12.2. The molecule has 1 spiro atoms. The highest BCUT2D eigenvalue weighted by atomic mass is 35.5. The summed E-state index contributed by atoms with van der Waals surface area (Å²) >= 11 is 7.81. The molecular weight excluding hydrogens is 734 g/mol. The van der Waals surface area contributed by atoms with Crippen molar-refractivity contribution < 1.29 is 0 Å². The van der Waals surface area contributed by atoms with Crippen LogP contribution in [0.2, 0.25) is 5.02 Å². The molecule has 8 aromatic carbocycles. The van der Waals surface area contributed by atoms with Gasteiger partial charge in [0.2, 0.25) is 0 Å². The molecule has 8 aromatic rings. The van der Waals surface area contributed by atoms with Crippen molar-refractivity contribution in [3.63, 3.8) is 0 Å². The number of halogens is 1. The lowest BCUT2D eigenvalue weighted by molar-refractivity contribution is 0.0426. The summed E-state index contributed by atoms with van der Waals surface area (Å²) in [6.07, 6.45) is 5.13. The van der Waals surface area contributed by atoms with Crippen LogP contribution in [0, 0.1) is 23.7 Å². The van der Waals surface area contributed by atoms with Crippen LogP contribution in [0.25, 0.3) is 55.3 Å². The summed E-state index contributed by atoms with van der Waals surface area (Å²) in [6, 6.07) is 67.0.